The molecule has 0 aromatic carbocycles. The van der Waals surface area contributed by atoms with E-state index in [0.29, 0.717) is 22.5 Å². The zero-order valence-corrected chi connectivity index (χ0v) is 12.3. The molecule has 3 heterocycles. The fourth-order valence-corrected chi connectivity index (χ4v) is 2.57. The minimum absolute atomic E-state index is 0.173. The summed E-state index contributed by atoms with van der Waals surface area (Å²) in [6.07, 6.45) is -2.61. The van der Waals surface area contributed by atoms with Crippen molar-refractivity contribution in [3.63, 3.8) is 0 Å². The molecule has 0 spiro atoms. The van der Waals surface area contributed by atoms with Crippen LogP contribution in [0.4, 0.5) is 5.82 Å². The number of aromatic amines is 1. The summed E-state index contributed by atoms with van der Waals surface area (Å²) in [5.74, 6) is 0.578. The van der Waals surface area contributed by atoms with Gasteiger partial charge >= 0.3 is 0 Å². The number of aliphatic hydroxyl groups is 3. The Kier molecular flexibility index (Phi) is 3.96. The lowest BCUT2D eigenvalue weighted by atomic mass is 10.1. The minimum Gasteiger partial charge on any atom is -0.394 e. The average Bonchev–Trinajstić information content (AvgIpc) is 3.02. The van der Waals surface area contributed by atoms with Crippen LogP contribution in [0.3, 0.4) is 0 Å². The molecule has 9 heteroatoms. The molecule has 1 saturated heterocycles. The van der Waals surface area contributed by atoms with Crippen molar-refractivity contribution in [2.24, 2.45) is 0 Å². The Morgan fingerprint density at radius 2 is 2.05 bits per heavy atom. The lowest BCUT2D eigenvalue weighted by molar-refractivity contribution is -0.0236. The SMILES string of the molecule is CC(C)Nc1ncnc2c([C@@H]3O[C@H](CO)[C@@H](O)[C@H]3O)[nH]nc12. The zero-order valence-electron chi connectivity index (χ0n) is 12.3. The molecule has 1 aliphatic rings. The minimum atomic E-state index is -1.17. The van der Waals surface area contributed by atoms with Gasteiger partial charge in [-0.25, -0.2) is 9.97 Å². The molecule has 4 atom stereocenters. The fraction of sp³-hybridized carbons (Fsp3) is 0.615. The molecule has 1 aliphatic heterocycles. The van der Waals surface area contributed by atoms with E-state index in [4.69, 9.17) is 9.84 Å². The third kappa shape index (κ3) is 2.41. The van der Waals surface area contributed by atoms with Gasteiger partial charge in [-0.05, 0) is 13.8 Å². The number of anilines is 1. The highest BCUT2D eigenvalue weighted by atomic mass is 16.6. The molecule has 3 rings (SSSR count). The van der Waals surface area contributed by atoms with Gasteiger partial charge in [-0.2, -0.15) is 5.10 Å². The van der Waals surface area contributed by atoms with Crippen LogP contribution in [0.2, 0.25) is 0 Å². The van der Waals surface area contributed by atoms with Crippen LogP contribution in [-0.2, 0) is 4.74 Å². The Labute approximate surface area is 126 Å². The first-order valence-corrected chi connectivity index (χ1v) is 7.11. The van der Waals surface area contributed by atoms with Crippen molar-refractivity contribution in [3.05, 3.63) is 12.0 Å². The molecule has 22 heavy (non-hydrogen) atoms. The molecule has 0 bridgehead atoms. The number of hydrogen-bond acceptors (Lipinski definition) is 8. The second kappa shape index (κ2) is 5.76. The van der Waals surface area contributed by atoms with Gasteiger partial charge in [-0.3, -0.25) is 5.10 Å². The van der Waals surface area contributed by atoms with E-state index in [1.807, 2.05) is 13.8 Å². The van der Waals surface area contributed by atoms with E-state index >= 15 is 0 Å². The summed E-state index contributed by atoms with van der Waals surface area (Å²) in [5.41, 5.74) is 1.49. The molecule has 2 aromatic heterocycles. The van der Waals surface area contributed by atoms with Crippen molar-refractivity contribution in [1.82, 2.24) is 20.2 Å². The van der Waals surface area contributed by atoms with E-state index in [-0.39, 0.29) is 12.6 Å². The van der Waals surface area contributed by atoms with Crippen molar-refractivity contribution >= 4 is 16.9 Å². The van der Waals surface area contributed by atoms with E-state index in [1.54, 1.807) is 0 Å². The van der Waals surface area contributed by atoms with Gasteiger partial charge in [-0.1, -0.05) is 0 Å². The Morgan fingerprint density at radius 1 is 1.27 bits per heavy atom. The van der Waals surface area contributed by atoms with Gasteiger partial charge < -0.3 is 25.4 Å². The lowest BCUT2D eigenvalue weighted by Crippen LogP contribution is -2.32. The van der Waals surface area contributed by atoms with Crippen molar-refractivity contribution in [2.45, 2.75) is 44.3 Å². The quantitative estimate of drug-likeness (QED) is 0.501. The van der Waals surface area contributed by atoms with Gasteiger partial charge in [0.25, 0.3) is 0 Å². The Morgan fingerprint density at radius 3 is 2.68 bits per heavy atom. The van der Waals surface area contributed by atoms with Crippen LogP contribution in [0.25, 0.3) is 11.0 Å². The molecule has 0 aliphatic carbocycles. The van der Waals surface area contributed by atoms with Crippen LogP contribution in [0.1, 0.15) is 25.6 Å². The number of rotatable bonds is 4. The molecule has 0 radical (unpaired) electrons. The molecule has 9 nitrogen and oxygen atoms in total. The molecule has 120 valence electrons. The average molecular weight is 309 g/mol. The van der Waals surface area contributed by atoms with Gasteiger partial charge in [0, 0.05) is 6.04 Å². The third-order valence-corrected chi connectivity index (χ3v) is 3.62. The van der Waals surface area contributed by atoms with E-state index < -0.39 is 24.4 Å². The zero-order chi connectivity index (χ0) is 15.9. The molecule has 2 aromatic rings. The highest BCUT2D eigenvalue weighted by Gasteiger charge is 2.44. The van der Waals surface area contributed by atoms with Crippen LogP contribution >= 0.6 is 0 Å². The molecular formula is C13H19N5O4. The molecule has 0 saturated carbocycles. The number of nitrogens with one attached hydrogen (secondary N) is 2. The van der Waals surface area contributed by atoms with Crippen LogP contribution < -0.4 is 5.32 Å². The van der Waals surface area contributed by atoms with Gasteiger partial charge in [0.2, 0.25) is 0 Å². The second-order valence-corrected chi connectivity index (χ2v) is 5.61. The molecule has 1 fully saturated rings. The Bertz CT molecular complexity index is 661. The normalized spacial score (nSPS) is 28.6. The summed E-state index contributed by atoms with van der Waals surface area (Å²) in [4.78, 5) is 8.34. The van der Waals surface area contributed by atoms with Gasteiger partial charge in [0.05, 0.1) is 12.3 Å². The smallest absolute Gasteiger partial charge is 0.158 e. The summed E-state index contributed by atoms with van der Waals surface area (Å²) in [5, 5.41) is 39.3. The first-order valence-electron chi connectivity index (χ1n) is 7.11. The standard InChI is InChI=1S/C13H19N5O4/c1-5(2)16-13-9-7(14-4-15-13)8(17-18-9)12-11(21)10(20)6(3-19)22-12/h4-6,10-12,19-21H,3H2,1-2H3,(H,17,18)(H,14,15,16)/t6-,10-,11-,12+/m1/s1. The van der Waals surface area contributed by atoms with E-state index in [2.05, 4.69) is 25.5 Å². The first-order chi connectivity index (χ1) is 10.5. The number of fused-ring (bicyclic) bond motifs is 1. The highest BCUT2D eigenvalue weighted by Crippen LogP contribution is 2.35. The largest absolute Gasteiger partial charge is 0.394 e. The summed E-state index contributed by atoms with van der Waals surface area (Å²) >= 11 is 0. The number of aliphatic hydroxyl groups excluding tert-OH is 3. The summed E-state index contributed by atoms with van der Waals surface area (Å²) in [6, 6.07) is 0.173. The van der Waals surface area contributed by atoms with Crippen LogP contribution in [-0.4, -0.2) is 66.4 Å². The molecule has 0 unspecified atom stereocenters. The highest BCUT2D eigenvalue weighted by molar-refractivity contribution is 5.87. The van der Waals surface area contributed by atoms with Gasteiger partial charge in [-0.15, -0.1) is 0 Å². The maximum absolute atomic E-state index is 10.1. The number of nitrogens with zero attached hydrogens (tertiary/aromatic N) is 3. The van der Waals surface area contributed by atoms with Crippen molar-refractivity contribution in [1.29, 1.82) is 0 Å². The lowest BCUT2D eigenvalue weighted by Gasteiger charge is -2.13. The van der Waals surface area contributed by atoms with Gasteiger partial charge in [0.15, 0.2) is 11.3 Å². The Hall–Kier alpha value is -1.81. The number of H-pyrrole nitrogens is 1. The second-order valence-electron chi connectivity index (χ2n) is 5.61. The molecular weight excluding hydrogens is 290 g/mol. The van der Waals surface area contributed by atoms with Crippen molar-refractivity contribution in [3.8, 4) is 0 Å². The number of aromatic nitrogens is 4. The predicted octanol–water partition coefficient (Wildman–Crippen LogP) is -0.673. The van der Waals surface area contributed by atoms with Gasteiger partial charge in [0.1, 0.15) is 36.3 Å². The first kappa shape index (κ1) is 15.1. The maximum atomic E-state index is 10.1. The summed E-state index contributed by atoms with van der Waals surface area (Å²) < 4.78 is 5.51. The fourth-order valence-electron chi connectivity index (χ4n) is 2.57. The predicted molar refractivity (Wildman–Crippen MR) is 77.2 cm³/mol. The van der Waals surface area contributed by atoms with E-state index in [1.165, 1.54) is 6.33 Å². The monoisotopic (exact) mass is 309 g/mol. The van der Waals surface area contributed by atoms with E-state index in [9.17, 15) is 10.2 Å². The topological polar surface area (TPSA) is 136 Å². The van der Waals surface area contributed by atoms with E-state index in [0.717, 1.165) is 0 Å². The van der Waals surface area contributed by atoms with Crippen molar-refractivity contribution in [2.75, 3.05) is 11.9 Å². The number of hydrogen-bond donors (Lipinski definition) is 5. The Balaban J connectivity index is 1.99. The van der Waals surface area contributed by atoms with Crippen LogP contribution in [0, 0.1) is 0 Å². The third-order valence-electron chi connectivity index (χ3n) is 3.62. The summed E-state index contributed by atoms with van der Waals surface area (Å²) in [6.45, 7) is 3.58. The molecule has 0 amide bonds. The molecule has 5 N–H and O–H groups in total. The number of ether oxygens (including phenoxy) is 1. The van der Waals surface area contributed by atoms with Crippen molar-refractivity contribution < 1.29 is 20.1 Å². The summed E-state index contributed by atoms with van der Waals surface area (Å²) in [7, 11) is 0. The van der Waals surface area contributed by atoms with Crippen LogP contribution in [0.15, 0.2) is 6.33 Å². The van der Waals surface area contributed by atoms with Crippen LogP contribution in [0.5, 0.6) is 0 Å². The maximum Gasteiger partial charge on any atom is 0.158 e.